The van der Waals surface area contributed by atoms with Crippen LogP contribution in [0.2, 0.25) is 0 Å². The first-order valence-corrected chi connectivity index (χ1v) is 8.02. The lowest BCUT2D eigenvalue weighted by Crippen LogP contribution is -2.30. The first-order valence-electron chi connectivity index (χ1n) is 8.02. The maximum absolute atomic E-state index is 12.6. The smallest absolute Gasteiger partial charge is 0.228 e. The largest absolute Gasteiger partial charge is 0.328 e. The van der Waals surface area contributed by atoms with Crippen molar-refractivity contribution < 1.29 is 4.79 Å². The number of hydrogen-bond donors (Lipinski definition) is 1. The molecule has 4 nitrogen and oxygen atoms in total. The molecule has 1 aliphatic heterocycles. The monoisotopic (exact) mass is 305 g/mol. The summed E-state index contributed by atoms with van der Waals surface area (Å²) in [6.45, 7) is 2.88. The molecule has 0 aliphatic carbocycles. The molecule has 1 amide bonds. The van der Waals surface area contributed by atoms with Crippen LogP contribution in [0, 0.1) is 12.8 Å². The molecule has 2 aromatic carbocycles. The van der Waals surface area contributed by atoms with E-state index in [0.29, 0.717) is 6.42 Å². The zero-order valence-electron chi connectivity index (χ0n) is 13.1. The van der Waals surface area contributed by atoms with Crippen LogP contribution in [-0.4, -0.2) is 15.5 Å². The van der Waals surface area contributed by atoms with Crippen LogP contribution in [0.5, 0.6) is 0 Å². The van der Waals surface area contributed by atoms with Gasteiger partial charge in [0.15, 0.2) is 0 Å². The number of aryl methyl sites for hydroxylation is 2. The summed E-state index contributed by atoms with van der Waals surface area (Å²) in [5, 5.41) is 3.04. The number of benzene rings is 2. The maximum Gasteiger partial charge on any atom is 0.228 e. The maximum atomic E-state index is 12.6. The van der Waals surface area contributed by atoms with Gasteiger partial charge in [-0.05, 0) is 43.2 Å². The van der Waals surface area contributed by atoms with Gasteiger partial charge in [-0.3, -0.25) is 4.79 Å². The van der Waals surface area contributed by atoms with Crippen molar-refractivity contribution in [3.63, 3.8) is 0 Å². The Morgan fingerprint density at radius 1 is 1.22 bits per heavy atom. The van der Waals surface area contributed by atoms with E-state index in [1.807, 2.05) is 49.4 Å². The summed E-state index contributed by atoms with van der Waals surface area (Å²) >= 11 is 0. The van der Waals surface area contributed by atoms with Crippen LogP contribution in [0.25, 0.3) is 11.0 Å². The summed E-state index contributed by atoms with van der Waals surface area (Å²) in [4.78, 5) is 17.2. The molecule has 116 valence electrons. The highest BCUT2D eigenvalue weighted by Crippen LogP contribution is 2.26. The fourth-order valence-corrected chi connectivity index (χ4v) is 3.33. The highest BCUT2D eigenvalue weighted by atomic mass is 16.1. The van der Waals surface area contributed by atoms with Crippen molar-refractivity contribution in [2.45, 2.75) is 26.3 Å². The number of rotatable bonds is 2. The van der Waals surface area contributed by atoms with Gasteiger partial charge in [-0.1, -0.05) is 24.3 Å². The predicted octanol–water partition coefficient (Wildman–Crippen LogP) is 3.55. The van der Waals surface area contributed by atoms with Gasteiger partial charge in [0.2, 0.25) is 5.91 Å². The standard InChI is InChI=1S/C19H19N3O/c1-13-5-4-6-15(11-13)20-19(23)14-9-10-22-17-8-3-2-7-16(17)21-18(22)12-14/h2-8,11,14H,9-10,12H2,1H3,(H,20,23). The van der Waals surface area contributed by atoms with Crippen molar-refractivity contribution >= 4 is 22.6 Å². The Morgan fingerprint density at radius 2 is 2.09 bits per heavy atom. The van der Waals surface area contributed by atoms with E-state index in [1.165, 1.54) is 5.52 Å². The summed E-state index contributed by atoms with van der Waals surface area (Å²) in [6.07, 6.45) is 1.55. The van der Waals surface area contributed by atoms with Crippen LogP contribution < -0.4 is 5.32 Å². The molecule has 0 fully saturated rings. The van der Waals surface area contributed by atoms with Gasteiger partial charge in [0.05, 0.1) is 11.0 Å². The highest BCUT2D eigenvalue weighted by Gasteiger charge is 2.27. The number of amides is 1. The number of aromatic nitrogens is 2. The molecule has 0 spiro atoms. The Kier molecular flexibility index (Phi) is 3.37. The van der Waals surface area contributed by atoms with Crippen molar-refractivity contribution in [2.75, 3.05) is 5.32 Å². The SMILES string of the molecule is Cc1cccc(NC(=O)C2CCn3c(nc4ccccc43)C2)c1. The van der Waals surface area contributed by atoms with Gasteiger partial charge in [0.25, 0.3) is 0 Å². The van der Waals surface area contributed by atoms with E-state index in [2.05, 4.69) is 20.9 Å². The molecule has 1 N–H and O–H groups in total. The number of nitrogens with zero attached hydrogens (tertiary/aromatic N) is 2. The highest BCUT2D eigenvalue weighted by molar-refractivity contribution is 5.93. The third-order valence-corrected chi connectivity index (χ3v) is 4.52. The van der Waals surface area contributed by atoms with E-state index in [9.17, 15) is 4.79 Å². The lowest BCUT2D eigenvalue weighted by Gasteiger charge is -2.23. The Hall–Kier alpha value is -2.62. The molecule has 1 atom stereocenters. The molecule has 1 unspecified atom stereocenters. The number of imidazole rings is 1. The third kappa shape index (κ3) is 2.61. The first-order chi connectivity index (χ1) is 11.2. The van der Waals surface area contributed by atoms with Crippen molar-refractivity contribution in [1.29, 1.82) is 0 Å². The minimum Gasteiger partial charge on any atom is -0.328 e. The average molecular weight is 305 g/mol. The van der Waals surface area contributed by atoms with Crippen molar-refractivity contribution in [1.82, 2.24) is 9.55 Å². The topological polar surface area (TPSA) is 46.9 Å². The van der Waals surface area contributed by atoms with Crippen LogP contribution in [-0.2, 0) is 17.8 Å². The van der Waals surface area contributed by atoms with Gasteiger partial charge in [0, 0.05) is 24.6 Å². The molecule has 23 heavy (non-hydrogen) atoms. The summed E-state index contributed by atoms with van der Waals surface area (Å²) in [7, 11) is 0. The number of hydrogen-bond acceptors (Lipinski definition) is 2. The molecule has 1 aliphatic rings. The van der Waals surface area contributed by atoms with Gasteiger partial charge in [0.1, 0.15) is 5.82 Å². The zero-order valence-corrected chi connectivity index (χ0v) is 13.1. The lowest BCUT2D eigenvalue weighted by molar-refractivity contribution is -0.120. The van der Waals surface area contributed by atoms with Crippen LogP contribution >= 0.6 is 0 Å². The third-order valence-electron chi connectivity index (χ3n) is 4.52. The molecule has 3 aromatic rings. The predicted molar refractivity (Wildman–Crippen MR) is 91.4 cm³/mol. The second-order valence-electron chi connectivity index (χ2n) is 6.22. The van der Waals surface area contributed by atoms with Crippen molar-refractivity contribution in [2.24, 2.45) is 5.92 Å². The van der Waals surface area contributed by atoms with Crippen LogP contribution in [0.1, 0.15) is 17.8 Å². The Balaban J connectivity index is 1.54. The summed E-state index contributed by atoms with van der Waals surface area (Å²) in [5.41, 5.74) is 4.20. The van der Waals surface area contributed by atoms with E-state index in [4.69, 9.17) is 0 Å². The van der Waals surface area contributed by atoms with Crippen molar-refractivity contribution in [3.05, 3.63) is 59.9 Å². The normalized spacial score (nSPS) is 17.0. The fourth-order valence-electron chi connectivity index (χ4n) is 3.33. The van der Waals surface area contributed by atoms with Crippen LogP contribution in [0.15, 0.2) is 48.5 Å². The van der Waals surface area contributed by atoms with E-state index in [-0.39, 0.29) is 11.8 Å². The first kappa shape index (κ1) is 14.0. The number of carbonyl (C=O) groups is 1. The molecule has 2 heterocycles. The van der Waals surface area contributed by atoms with E-state index in [0.717, 1.165) is 35.6 Å². The Bertz CT molecular complexity index is 881. The quantitative estimate of drug-likeness (QED) is 0.787. The van der Waals surface area contributed by atoms with Gasteiger partial charge in [-0.25, -0.2) is 4.98 Å². The summed E-state index contributed by atoms with van der Waals surface area (Å²) in [6, 6.07) is 16.1. The number of fused-ring (bicyclic) bond motifs is 3. The number of para-hydroxylation sites is 2. The molecule has 0 saturated carbocycles. The zero-order chi connectivity index (χ0) is 15.8. The van der Waals surface area contributed by atoms with Gasteiger partial charge >= 0.3 is 0 Å². The Morgan fingerprint density at radius 3 is 2.96 bits per heavy atom. The number of nitrogens with one attached hydrogen (secondary N) is 1. The molecule has 4 rings (SSSR count). The second kappa shape index (κ2) is 5.54. The number of anilines is 1. The van der Waals surface area contributed by atoms with E-state index in [1.54, 1.807) is 0 Å². The molecular weight excluding hydrogens is 286 g/mol. The van der Waals surface area contributed by atoms with Gasteiger partial charge in [-0.2, -0.15) is 0 Å². The summed E-state index contributed by atoms with van der Waals surface area (Å²) < 4.78 is 2.24. The number of carbonyl (C=O) groups excluding carboxylic acids is 1. The molecule has 0 bridgehead atoms. The van der Waals surface area contributed by atoms with Gasteiger partial charge < -0.3 is 9.88 Å². The average Bonchev–Trinajstić information content (AvgIpc) is 2.92. The molecule has 4 heteroatoms. The van der Waals surface area contributed by atoms with Crippen LogP contribution in [0.4, 0.5) is 5.69 Å². The van der Waals surface area contributed by atoms with Crippen LogP contribution in [0.3, 0.4) is 0 Å². The van der Waals surface area contributed by atoms with Crippen molar-refractivity contribution in [3.8, 4) is 0 Å². The van der Waals surface area contributed by atoms with E-state index < -0.39 is 0 Å². The Labute approximate surface area is 135 Å². The minimum absolute atomic E-state index is 0.0141. The fraction of sp³-hybridized carbons (Fsp3) is 0.263. The summed E-state index contributed by atoms with van der Waals surface area (Å²) in [5.74, 6) is 1.09. The molecular formula is C19H19N3O. The molecule has 1 aromatic heterocycles. The van der Waals surface area contributed by atoms with Gasteiger partial charge in [-0.15, -0.1) is 0 Å². The van der Waals surface area contributed by atoms with E-state index >= 15 is 0 Å². The molecule has 0 saturated heterocycles. The second-order valence-corrected chi connectivity index (χ2v) is 6.22. The minimum atomic E-state index is -0.0141. The lowest BCUT2D eigenvalue weighted by atomic mass is 9.96. The molecule has 0 radical (unpaired) electrons.